The van der Waals surface area contributed by atoms with E-state index in [9.17, 15) is 4.79 Å². The molecule has 0 unspecified atom stereocenters. The van der Waals surface area contributed by atoms with Gasteiger partial charge in [-0.2, -0.15) is 0 Å². The quantitative estimate of drug-likeness (QED) is 0.559. The summed E-state index contributed by atoms with van der Waals surface area (Å²) in [5, 5.41) is 0. The first-order valence-electron chi connectivity index (χ1n) is 5.64. The summed E-state index contributed by atoms with van der Waals surface area (Å²) in [6.45, 7) is 4.56. The number of ketones is 1. The summed E-state index contributed by atoms with van der Waals surface area (Å²) < 4.78 is 0. The van der Waals surface area contributed by atoms with Crippen molar-refractivity contribution in [2.24, 2.45) is 17.3 Å². The summed E-state index contributed by atoms with van der Waals surface area (Å²) in [6, 6.07) is 0. The van der Waals surface area contributed by atoms with Crippen LogP contribution < -0.4 is 0 Å². The van der Waals surface area contributed by atoms with E-state index >= 15 is 0 Å². The van der Waals surface area contributed by atoms with Crippen LogP contribution in [0.15, 0.2) is 0 Å². The fraction of sp³-hybridized carbons (Fsp3) is 0.917. The van der Waals surface area contributed by atoms with Gasteiger partial charge in [0, 0.05) is 12.3 Å². The van der Waals surface area contributed by atoms with E-state index in [2.05, 4.69) is 13.8 Å². The first-order chi connectivity index (χ1) is 6.11. The number of hydrogen-bond acceptors (Lipinski definition) is 1. The molecule has 0 amide bonds. The summed E-state index contributed by atoms with van der Waals surface area (Å²) >= 11 is 0. The van der Waals surface area contributed by atoms with E-state index in [0.717, 1.165) is 6.42 Å². The van der Waals surface area contributed by atoms with Gasteiger partial charge in [-0.25, -0.2) is 0 Å². The Balaban J connectivity index is 2.21. The van der Waals surface area contributed by atoms with Gasteiger partial charge >= 0.3 is 0 Å². The van der Waals surface area contributed by atoms with Crippen LogP contribution in [0.4, 0.5) is 0 Å². The fourth-order valence-electron chi connectivity index (χ4n) is 3.34. The van der Waals surface area contributed by atoms with Gasteiger partial charge in [-0.15, -0.1) is 0 Å². The van der Waals surface area contributed by atoms with Gasteiger partial charge in [-0.1, -0.05) is 33.1 Å². The molecule has 0 saturated heterocycles. The van der Waals surface area contributed by atoms with Crippen LogP contribution >= 0.6 is 0 Å². The molecule has 0 aromatic heterocycles. The Bertz CT molecular complexity index is 217. The van der Waals surface area contributed by atoms with Crippen LogP contribution in [0.5, 0.6) is 0 Å². The lowest BCUT2D eigenvalue weighted by Crippen LogP contribution is -2.21. The molecule has 0 spiro atoms. The summed E-state index contributed by atoms with van der Waals surface area (Å²) in [6.07, 6.45) is 7.27. The second kappa shape index (κ2) is 3.11. The molecule has 2 atom stereocenters. The SMILES string of the molecule is CC1(C)CC(=O)[C@@H]2CCCCC[C@@H]21. The molecule has 13 heavy (non-hydrogen) atoms. The second-order valence-electron chi connectivity index (χ2n) is 5.48. The standard InChI is InChI=1S/C12H20O/c1-12(2)8-11(13)9-6-4-3-5-7-10(9)12/h9-10H,3-8H2,1-2H3/t9-,10+/m1/s1. The number of hydrogen-bond donors (Lipinski definition) is 0. The topological polar surface area (TPSA) is 17.1 Å². The largest absolute Gasteiger partial charge is 0.299 e. The van der Waals surface area contributed by atoms with Crippen molar-refractivity contribution < 1.29 is 4.79 Å². The number of carbonyl (C=O) groups excluding carboxylic acids is 1. The van der Waals surface area contributed by atoms with Gasteiger partial charge in [0.15, 0.2) is 0 Å². The molecular weight excluding hydrogens is 160 g/mol. The lowest BCUT2D eigenvalue weighted by atomic mass is 9.76. The fourth-order valence-corrected chi connectivity index (χ4v) is 3.34. The molecule has 2 fully saturated rings. The molecule has 0 N–H and O–H groups in total. The lowest BCUT2D eigenvalue weighted by Gasteiger charge is -2.28. The zero-order valence-corrected chi connectivity index (χ0v) is 8.81. The first kappa shape index (κ1) is 9.23. The molecule has 0 aromatic rings. The maximum atomic E-state index is 11.8. The molecule has 0 radical (unpaired) electrons. The Labute approximate surface area is 80.9 Å². The zero-order valence-electron chi connectivity index (χ0n) is 8.81. The highest BCUT2D eigenvalue weighted by Gasteiger charge is 2.46. The molecule has 74 valence electrons. The first-order valence-corrected chi connectivity index (χ1v) is 5.64. The van der Waals surface area contributed by atoms with Crippen LogP contribution in [-0.4, -0.2) is 5.78 Å². The van der Waals surface area contributed by atoms with E-state index in [0.29, 0.717) is 23.0 Å². The summed E-state index contributed by atoms with van der Waals surface area (Å²) in [5.74, 6) is 1.68. The number of fused-ring (bicyclic) bond motifs is 1. The van der Waals surface area contributed by atoms with Crippen molar-refractivity contribution in [3.63, 3.8) is 0 Å². The van der Waals surface area contributed by atoms with Crippen molar-refractivity contribution in [3.05, 3.63) is 0 Å². The minimum Gasteiger partial charge on any atom is -0.299 e. The van der Waals surface area contributed by atoms with Crippen LogP contribution in [0.1, 0.15) is 52.4 Å². The summed E-state index contributed by atoms with van der Waals surface area (Å²) in [4.78, 5) is 11.8. The molecule has 1 nitrogen and oxygen atoms in total. The van der Waals surface area contributed by atoms with Gasteiger partial charge in [0.1, 0.15) is 5.78 Å². The van der Waals surface area contributed by atoms with E-state index in [1.54, 1.807) is 0 Å². The highest BCUT2D eigenvalue weighted by molar-refractivity contribution is 5.84. The average molecular weight is 180 g/mol. The van der Waals surface area contributed by atoms with E-state index in [1.807, 2.05) is 0 Å². The zero-order chi connectivity index (χ0) is 9.47. The van der Waals surface area contributed by atoms with Crippen molar-refractivity contribution in [2.45, 2.75) is 52.4 Å². The maximum absolute atomic E-state index is 11.8. The van der Waals surface area contributed by atoms with Crippen molar-refractivity contribution in [1.82, 2.24) is 0 Å². The molecule has 0 bridgehead atoms. The van der Waals surface area contributed by atoms with Crippen LogP contribution in [0.2, 0.25) is 0 Å². The smallest absolute Gasteiger partial charge is 0.136 e. The van der Waals surface area contributed by atoms with E-state index in [4.69, 9.17) is 0 Å². The van der Waals surface area contributed by atoms with E-state index in [-0.39, 0.29) is 0 Å². The Hall–Kier alpha value is -0.330. The average Bonchev–Trinajstić information content (AvgIpc) is 2.28. The van der Waals surface area contributed by atoms with Crippen LogP contribution in [0.3, 0.4) is 0 Å². The Morgan fingerprint density at radius 1 is 1.15 bits per heavy atom. The molecule has 2 saturated carbocycles. The predicted molar refractivity (Wildman–Crippen MR) is 53.5 cm³/mol. The van der Waals surface area contributed by atoms with Gasteiger partial charge in [-0.3, -0.25) is 4.79 Å². The van der Waals surface area contributed by atoms with Crippen LogP contribution in [0, 0.1) is 17.3 Å². The lowest BCUT2D eigenvalue weighted by molar-refractivity contribution is -0.121. The maximum Gasteiger partial charge on any atom is 0.136 e. The van der Waals surface area contributed by atoms with Gasteiger partial charge in [0.25, 0.3) is 0 Å². The molecule has 0 aromatic carbocycles. The van der Waals surface area contributed by atoms with E-state index < -0.39 is 0 Å². The molecular formula is C12H20O. The third kappa shape index (κ3) is 1.53. The Morgan fingerprint density at radius 2 is 1.85 bits per heavy atom. The minimum atomic E-state index is 0.298. The van der Waals surface area contributed by atoms with Crippen molar-refractivity contribution in [3.8, 4) is 0 Å². The van der Waals surface area contributed by atoms with Gasteiger partial charge in [0.05, 0.1) is 0 Å². The highest BCUT2D eigenvalue weighted by Crippen LogP contribution is 2.49. The second-order valence-corrected chi connectivity index (χ2v) is 5.48. The number of carbonyl (C=O) groups is 1. The van der Waals surface area contributed by atoms with Gasteiger partial charge in [0.2, 0.25) is 0 Å². The molecule has 0 heterocycles. The molecule has 0 aliphatic heterocycles. The third-order valence-corrected chi connectivity index (χ3v) is 4.06. The van der Waals surface area contributed by atoms with Gasteiger partial charge in [-0.05, 0) is 24.2 Å². The van der Waals surface area contributed by atoms with Crippen molar-refractivity contribution in [2.75, 3.05) is 0 Å². The molecule has 2 aliphatic carbocycles. The predicted octanol–water partition coefficient (Wildman–Crippen LogP) is 3.18. The van der Waals surface area contributed by atoms with Gasteiger partial charge < -0.3 is 0 Å². The molecule has 2 rings (SSSR count). The van der Waals surface area contributed by atoms with Crippen LogP contribution in [-0.2, 0) is 4.79 Å². The minimum absolute atomic E-state index is 0.298. The van der Waals surface area contributed by atoms with Crippen LogP contribution in [0.25, 0.3) is 0 Å². The van der Waals surface area contributed by atoms with E-state index in [1.165, 1.54) is 32.1 Å². The Morgan fingerprint density at radius 3 is 2.62 bits per heavy atom. The monoisotopic (exact) mass is 180 g/mol. The third-order valence-electron chi connectivity index (χ3n) is 4.06. The summed E-state index contributed by atoms with van der Waals surface area (Å²) in [5.41, 5.74) is 0.298. The summed E-state index contributed by atoms with van der Waals surface area (Å²) in [7, 11) is 0. The van der Waals surface area contributed by atoms with Crippen molar-refractivity contribution in [1.29, 1.82) is 0 Å². The van der Waals surface area contributed by atoms with Crippen molar-refractivity contribution >= 4 is 5.78 Å². The molecule has 1 heteroatoms. The normalized spacial score (nSPS) is 38.5. The highest BCUT2D eigenvalue weighted by atomic mass is 16.1. The number of rotatable bonds is 0. The Kier molecular flexibility index (Phi) is 2.21. The molecule has 2 aliphatic rings. The number of Topliss-reactive ketones (excluding diaryl/α,β-unsaturated/α-hetero) is 1.